The van der Waals surface area contributed by atoms with E-state index in [0.29, 0.717) is 6.61 Å². The molecular weight excluding hydrogens is 228 g/mol. The lowest BCUT2D eigenvalue weighted by Gasteiger charge is -2.06. The van der Waals surface area contributed by atoms with E-state index < -0.39 is 5.97 Å². The monoisotopic (exact) mass is 246 g/mol. The highest BCUT2D eigenvalue weighted by Gasteiger charge is 2.44. The zero-order chi connectivity index (χ0) is 13.0. The Labute approximate surface area is 107 Å². The van der Waals surface area contributed by atoms with Crippen molar-refractivity contribution < 1.29 is 14.6 Å². The van der Waals surface area contributed by atoms with Crippen LogP contribution in [0.5, 0.6) is 0 Å². The molecular formula is C15H18O3. The second-order valence-corrected chi connectivity index (χ2v) is 4.66. The summed E-state index contributed by atoms with van der Waals surface area (Å²) in [6.07, 6.45) is 3.67. The molecule has 3 nitrogen and oxygen atoms in total. The van der Waals surface area contributed by atoms with Gasteiger partial charge >= 0.3 is 5.97 Å². The number of rotatable bonds is 6. The molecule has 0 aliphatic heterocycles. The predicted molar refractivity (Wildman–Crippen MR) is 70.1 cm³/mol. The Morgan fingerprint density at radius 2 is 2.11 bits per heavy atom. The van der Waals surface area contributed by atoms with Crippen LogP contribution in [0.25, 0.3) is 6.08 Å². The fourth-order valence-electron chi connectivity index (χ4n) is 2.23. The van der Waals surface area contributed by atoms with Gasteiger partial charge in [-0.15, -0.1) is 0 Å². The molecule has 0 bridgehead atoms. The Morgan fingerprint density at radius 1 is 1.39 bits per heavy atom. The molecule has 1 saturated carbocycles. The van der Waals surface area contributed by atoms with Crippen molar-refractivity contribution >= 4 is 12.0 Å². The minimum absolute atomic E-state index is 0.192. The Bertz CT molecular complexity index is 436. The van der Waals surface area contributed by atoms with E-state index in [1.165, 1.54) is 5.57 Å². The minimum atomic E-state index is -0.684. The number of aliphatic carboxylic acids is 1. The van der Waals surface area contributed by atoms with Crippen LogP contribution in [-0.4, -0.2) is 24.8 Å². The molecule has 1 aromatic rings. The summed E-state index contributed by atoms with van der Waals surface area (Å²) in [6, 6.07) is 10.0. The van der Waals surface area contributed by atoms with Gasteiger partial charge in [0.1, 0.15) is 0 Å². The third kappa shape index (κ3) is 3.20. The van der Waals surface area contributed by atoms with Crippen molar-refractivity contribution in [2.75, 3.05) is 13.7 Å². The number of ether oxygens (including phenoxy) is 1. The standard InChI is InChI=1S/C15H18O3/c1-18-8-7-12(13-10-14(13)15(16)17)9-11-5-3-2-4-6-11/h2-6,9,13-14H,7-8,10H2,1H3,(H,16,17). The van der Waals surface area contributed by atoms with Crippen LogP contribution >= 0.6 is 0 Å². The van der Waals surface area contributed by atoms with E-state index in [1.807, 2.05) is 30.3 Å². The molecule has 3 heteroatoms. The number of carboxylic acid groups (broad SMARTS) is 1. The summed E-state index contributed by atoms with van der Waals surface area (Å²) < 4.78 is 5.10. The van der Waals surface area contributed by atoms with Crippen molar-refractivity contribution in [3.63, 3.8) is 0 Å². The average Bonchev–Trinajstić information content (AvgIpc) is 3.16. The van der Waals surface area contributed by atoms with Gasteiger partial charge in [0.05, 0.1) is 5.92 Å². The summed E-state index contributed by atoms with van der Waals surface area (Å²) in [5.74, 6) is -0.689. The lowest BCUT2D eigenvalue weighted by atomic mass is 10.0. The van der Waals surface area contributed by atoms with E-state index in [9.17, 15) is 4.79 Å². The van der Waals surface area contributed by atoms with Crippen molar-refractivity contribution in [2.24, 2.45) is 11.8 Å². The van der Waals surface area contributed by atoms with Crippen LogP contribution in [0, 0.1) is 11.8 Å². The number of benzene rings is 1. The Morgan fingerprint density at radius 3 is 2.67 bits per heavy atom. The molecule has 0 saturated heterocycles. The predicted octanol–water partition coefficient (Wildman–Crippen LogP) is 2.83. The highest BCUT2D eigenvalue weighted by atomic mass is 16.5. The van der Waals surface area contributed by atoms with Crippen LogP contribution < -0.4 is 0 Å². The van der Waals surface area contributed by atoms with Gasteiger partial charge in [0.15, 0.2) is 0 Å². The second-order valence-electron chi connectivity index (χ2n) is 4.66. The first-order valence-electron chi connectivity index (χ1n) is 6.19. The van der Waals surface area contributed by atoms with E-state index in [0.717, 1.165) is 18.4 Å². The van der Waals surface area contributed by atoms with Gasteiger partial charge in [-0.2, -0.15) is 0 Å². The van der Waals surface area contributed by atoms with Crippen molar-refractivity contribution in [1.82, 2.24) is 0 Å². The lowest BCUT2D eigenvalue weighted by molar-refractivity contribution is -0.138. The maximum atomic E-state index is 10.9. The number of hydrogen-bond acceptors (Lipinski definition) is 2. The quantitative estimate of drug-likeness (QED) is 0.839. The molecule has 0 spiro atoms. The van der Waals surface area contributed by atoms with E-state index in [-0.39, 0.29) is 11.8 Å². The Kier molecular flexibility index (Phi) is 4.15. The Balaban J connectivity index is 2.11. The summed E-state index contributed by atoms with van der Waals surface area (Å²) in [6.45, 7) is 0.640. The van der Waals surface area contributed by atoms with E-state index >= 15 is 0 Å². The fraction of sp³-hybridized carbons (Fsp3) is 0.400. The normalized spacial score (nSPS) is 22.8. The molecule has 1 fully saturated rings. The summed E-state index contributed by atoms with van der Waals surface area (Å²) in [4.78, 5) is 10.9. The van der Waals surface area contributed by atoms with E-state index in [1.54, 1.807) is 7.11 Å². The summed E-state index contributed by atoms with van der Waals surface area (Å²) in [5, 5.41) is 9.01. The number of carbonyl (C=O) groups is 1. The molecule has 96 valence electrons. The molecule has 2 rings (SSSR count). The van der Waals surface area contributed by atoms with E-state index in [4.69, 9.17) is 9.84 Å². The summed E-state index contributed by atoms with van der Waals surface area (Å²) in [5.41, 5.74) is 2.31. The Hall–Kier alpha value is -1.61. The zero-order valence-electron chi connectivity index (χ0n) is 10.5. The topological polar surface area (TPSA) is 46.5 Å². The van der Waals surface area contributed by atoms with Crippen LogP contribution in [0.3, 0.4) is 0 Å². The maximum Gasteiger partial charge on any atom is 0.307 e. The summed E-state index contributed by atoms with van der Waals surface area (Å²) >= 11 is 0. The van der Waals surface area contributed by atoms with Gasteiger partial charge in [-0.25, -0.2) is 0 Å². The van der Waals surface area contributed by atoms with Gasteiger partial charge in [-0.1, -0.05) is 42.0 Å². The largest absolute Gasteiger partial charge is 0.481 e. The van der Waals surface area contributed by atoms with Gasteiger partial charge in [-0.3, -0.25) is 4.79 Å². The number of carboxylic acids is 1. The van der Waals surface area contributed by atoms with Gasteiger partial charge in [0.25, 0.3) is 0 Å². The first-order chi connectivity index (χ1) is 8.72. The van der Waals surface area contributed by atoms with Gasteiger partial charge in [0.2, 0.25) is 0 Å². The van der Waals surface area contributed by atoms with Crippen molar-refractivity contribution in [3.8, 4) is 0 Å². The van der Waals surface area contributed by atoms with E-state index in [2.05, 4.69) is 6.08 Å². The molecule has 0 aromatic heterocycles. The molecule has 2 unspecified atom stereocenters. The lowest BCUT2D eigenvalue weighted by Crippen LogP contribution is -2.02. The van der Waals surface area contributed by atoms with Crippen LogP contribution in [0.4, 0.5) is 0 Å². The van der Waals surface area contributed by atoms with Gasteiger partial charge < -0.3 is 9.84 Å². The molecule has 2 atom stereocenters. The molecule has 1 N–H and O–H groups in total. The third-order valence-corrected chi connectivity index (χ3v) is 3.33. The van der Waals surface area contributed by atoms with Crippen LogP contribution in [0.15, 0.2) is 35.9 Å². The van der Waals surface area contributed by atoms with Gasteiger partial charge in [-0.05, 0) is 24.3 Å². The first kappa shape index (κ1) is 12.8. The molecule has 1 aromatic carbocycles. The van der Waals surface area contributed by atoms with Crippen LogP contribution in [0.2, 0.25) is 0 Å². The average molecular weight is 246 g/mol. The van der Waals surface area contributed by atoms with Crippen molar-refractivity contribution in [1.29, 1.82) is 0 Å². The minimum Gasteiger partial charge on any atom is -0.481 e. The van der Waals surface area contributed by atoms with Crippen molar-refractivity contribution in [3.05, 3.63) is 41.5 Å². The SMILES string of the molecule is COCCC(=Cc1ccccc1)C1CC1C(=O)O. The second kappa shape index (κ2) is 5.83. The maximum absolute atomic E-state index is 10.9. The fourth-order valence-corrected chi connectivity index (χ4v) is 2.23. The zero-order valence-corrected chi connectivity index (χ0v) is 10.5. The molecule has 0 heterocycles. The third-order valence-electron chi connectivity index (χ3n) is 3.33. The molecule has 0 radical (unpaired) electrons. The van der Waals surface area contributed by atoms with Crippen LogP contribution in [-0.2, 0) is 9.53 Å². The molecule has 0 amide bonds. The summed E-state index contributed by atoms with van der Waals surface area (Å²) in [7, 11) is 1.67. The van der Waals surface area contributed by atoms with Gasteiger partial charge in [0, 0.05) is 13.7 Å². The first-order valence-corrected chi connectivity index (χ1v) is 6.19. The number of methoxy groups -OCH3 is 1. The molecule has 18 heavy (non-hydrogen) atoms. The highest BCUT2D eigenvalue weighted by molar-refractivity contribution is 5.75. The molecule has 1 aliphatic carbocycles. The number of hydrogen-bond donors (Lipinski definition) is 1. The smallest absolute Gasteiger partial charge is 0.307 e. The molecule has 1 aliphatic rings. The van der Waals surface area contributed by atoms with Crippen LogP contribution in [0.1, 0.15) is 18.4 Å². The van der Waals surface area contributed by atoms with Crippen molar-refractivity contribution in [2.45, 2.75) is 12.8 Å². The highest BCUT2D eigenvalue weighted by Crippen LogP contribution is 2.46.